The first-order valence-electron chi connectivity index (χ1n) is 7.51. The van der Waals surface area contributed by atoms with E-state index in [0.29, 0.717) is 6.54 Å². The third-order valence-electron chi connectivity index (χ3n) is 3.29. The Morgan fingerprint density at radius 3 is 2.71 bits per heavy atom. The Kier molecular flexibility index (Phi) is 5.73. The maximum Gasteiger partial charge on any atom is 0.411 e. The highest BCUT2D eigenvalue weighted by atomic mass is 16.6. The predicted octanol–water partition coefficient (Wildman–Crippen LogP) is 4.08. The van der Waals surface area contributed by atoms with Gasteiger partial charge in [-0.15, -0.1) is 0 Å². The van der Waals surface area contributed by atoms with Gasteiger partial charge in [-0.25, -0.2) is 4.79 Å². The van der Waals surface area contributed by atoms with Crippen molar-refractivity contribution in [1.29, 1.82) is 0 Å². The van der Waals surface area contributed by atoms with Crippen molar-refractivity contribution >= 4 is 23.2 Å². The molecule has 0 saturated carbocycles. The number of nitrogens with one attached hydrogen (secondary N) is 2. The van der Waals surface area contributed by atoms with Crippen LogP contribution in [0.2, 0.25) is 0 Å². The van der Waals surface area contributed by atoms with E-state index in [4.69, 9.17) is 4.74 Å². The van der Waals surface area contributed by atoms with Crippen LogP contribution in [0.1, 0.15) is 18.1 Å². The summed E-state index contributed by atoms with van der Waals surface area (Å²) in [5, 5.41) is 16.8. The van der Waals surface area contributed by atoms with E-state index in [9.17, 15) is 14.9 Å². The zero-order chi connectivity index (χ0) is 17.5. The molecule has 0 aliphatic heterocycles. The molecule has 0 saturated heterocycles. The lowest BCUT2D eigenvalue weighted by Gasteiger charge is -2.10. The molecule has 0 spiro atoms. The van der Waals surface area contributed by atoms with Crippen molar-refractivity contribution in [1.82, 2.24) is 0 Å². The number of nitrogens with zero attached hydrogens (tertiary/aromatic N) is 1. The summed E-state index contributed by atoms with van der Waals surface area (Å²) in [6, 6.07) is 12.5. The van der Waals surface area contributed by atoms with Crippen LogP contribution in [0, 0.1) is 17.0 Å². The van der Waals surface area contributed by atoms with Crippen LogP contribution in [0.4, 0.5) is 21.9 Å². The number of benzene rings is 2. The Bertz CT molecular complexity index is 746. The minimum Gasteiger partial charge on any atom is -0.450 e. The summed E-state index contributed by atoms with van der Waals surface area (Å²) in [4.78, 5) is 22.1. The van der Waals surface area contributed by atoms with Gasteiger partial charge in [0.25, 0.3) is 5.69 Å². The number of rotatable bonds is 6. The molecular formula is C17H19N3O4. The highest BCUT2D eigenvalue weighted by Crippen LogP contribution is 2.26. The van der Waals surface area contributed by atoms with Gasteiger partial charge in [-0.05, 0) is 43.2 Å². The summed E-state index contributed by atoms with van der Waals surface area (Å²) in [5.41, 5.74) is 2.73. The van der Waals surface area contributed by atoms with Gasteiger partial charge < -0.3 is 10.1 Å². The quantitative estimate of drug-likeness (QED) is 0.615. The maximum atomic E-state index is 11.4. The van der Waals surface area contributed by atoms with Gasteiger partial charge in [0.05, 0.1) is 11.5 Å². The summed E-state index contributed by atoms with van der Waals surface area (Å²) in [5.74, 6) is 0. The standard InChI is InChI=1S/C17H19N3O4/c1-3-24-17(21)19-15-8-7-13(10-16(15)20(22)23)11-18-14-6-4-5-12(2)9-14/h4-10,18H,3,11H2,1-2H3,(H,19,21). The van der Waals surface area contributed by atoms with Gasteiger partial charge in [-0.1, -0.05) is 18.2 Å². The first-order valence-corrected chi connectivity index (χ1v) is 7.51. The molecule has 0 atom stereocenters. The van der Waals surface area contributed by atoms with E-state index in [1.54, 1.807) is 13.0 Å². The number of nitro groups is 1. The molecule has 24 heavy (non-hydrogen) atoms. The monoisotopic (exact) mass is 329 g/mol. The number of hydrogen-bond acceptors (Lipinski definition) is 5. The van der Waals surface area contributed by atoms with Crippen molar-refractivity contribution in [3.05, 3.63) is 63.7 Å². The predicted molar refractivity (Wildman–Crippen MR) is 92.2 cm³/mol. The number of ether oxygens (including phenoxy) is 1. The summed E-state index contributed by atoms with van der Waals surface area (Å²) >= 11 is 0. The molecule has 0 radical (unpaired) electrons. The van der Waals surface area contributed by atoms with Crippen LogP contribution in [0.3, 0.4) is 0 Å². The zero-order valence-electron chi connectivity index (χ0n) is 13.5. The van der Waals surface area contributed by atoms with E-state index in [-0.39, 0.29) is 18.0 Å². The third-order valence-corrected chi connectivity index (χ3v) is 3.29. The van der Waals surface area contributed by atoms with Gasteiger partial charge in [0.1, 0.15) is 5.69 Å². The van der Waals surface area contributed by atoms with Crippen molar-refractivity contribution in [2.75, 3.05) is 17.2 Å². The van der Waals surface area contributed by atoms with Crippen LogP contribution >= 0.6 is 0 Å². The van der Waals surface area contributed by atoms with Crippen molar-refractivity contribution in [3.8, 4) is 0 Å². The number of carbonyl (C=O) groups is 1. The second kappa shape index (κ2) is 7.96. The number of amides is 1. The maximum absolute atomic E-state index is 11.4. The lowest BCUT2D eigenvalue weighted by Crippen LogP contribution is -2.14. The van der Waals surface area contributed by atoms with Crippen molar-refractivity contribution in [2.24, 2.45) is 0 Å². The molecule has 7 heteroatoms. The average molecular weight is 329 g/mol. The Morgan fingerprint density at radius 1 is 1.25 bits per heavy atom. The second-order valence-corrected chi connectivity index (χ2v) is 5.18. The first-order chi connectivity index (χ1) is 11.5. The highest BCUT2D eigenvalue weighted by Gasteiger charge is 2.17. The topological polar surface area (TPSA) is 93.5 Å². The van der Waals surface area contributed by atoms with Crippen molar-refractivity contribution < 1.29 is 14.5 Å². The van der Waals surface area contributed by atoms with E-state index in [1.807, 2.05) is 31.2 Å². The van der Waals surface area contributed by atoms with Gasteiger partial charge in [0.2, 0.25) is 0 Å². The summed E-state index contributed by atoms with van der Waals surface area (Å²) in [6.45, 7) is 4.28. The molecule has 0 aromatic heterocycles. The minimum atomic E-state index is -0.716. The molecule has 1 amide bonds. The van der Waals surface area contributed by atoms with Gasteiger partial charge in [-0.2, -0.15) is 0 Å². The fourth-order valence-electron chi connectivity index (χ4n) is 2.18. The Balaban J connectivity index is 2.13. The molecule has 2 aromatic carbocycles. The molecule has 2 aromatic rings. The molecule has 0 aliphatic rings. The van der Waals surface area contributed by atoms with Gasteiger partial charge in [0, 0.05) is 18.3 Å². The number of carbonyl (C=O) groups excluding carboxylic acids is 1. The molecule has 2 rings (SSSR count). The molecule has 0 fully saturated rings. The third kappa shape index (κ3) is 4.70. The zero-order valence-corrected chi connectivity index (χ0v) is 13.5. The van der Waals surface area contributed by atoms with Crippen LogP contribution in [-0.4, -0.2) is 17.6 Å². The Morgan fingerprint density at radius 2 is 2.04 bits per heavy atom. The molecule has 0 aliphatic carbocycles. The summed E-state index contributed by atoms with van der Waals surface area (Å²) < 4.78 is 4.74. The Labute approximate surface area is 139 Å². The van der Waals surface area contributed by atoms with Gasteiger partial charge in [-0.3, -0.25) is 15.4 Å². The number of anilines is 2. The summed E-state index contributed by atoms with van der Waals surface area (Å²) in [7, 11) is 0. The van der Waals surface area contributed by atoms with Crippen LogP contribution in [-0.2, 0) is 11.3 Å². The van der Waals surface area contributed by atoms with Gasteiger partial charge in [0.15, 0.2) is 0 Å². The molecule has 0 heterocycles. The van der Waals surface area contributed by atoms with E-state index >= 15 is 0 Å². The first kappa shape index (κ1) is 17.3. The van der Waals surface area contributed by atoms with Crippen LogP contribution < -0.4 is 10.6 Å². The SMILES string of the molecule is CCOC(=O)Nc1ccc(CNc2cccc(C)c2)cc1[N+](=O)[O-]. The largest absolute Gasteiger partial charge is 0.450 e. The van der Waals surface area contributed by atoms with Crippen molar-refractivity contribution in [2.45, 2.75) is 20.4 Å². The molecule has 0 unspecified atom stereocenters. The van der Waals surface area contributed by atoms with Crippen LogP contribution in [0.15, 0.2) is 42.5 Å². The number of hydrogen-bond donors (Lipinski definition) is 2. The van der Waals surface area contributed by atoms with Crippen LogP contribution in [0.5, 0.6) is 0 Å². The molecule has 0 bridgehead atoms. The molecule has 2 N–H and O–H groups in total. The molecule has 7 nitrogen and oxygen atoms in total. The van der Waals surface area contributed by atoms with Crippen molar-refractivity contribution in [3.63, 3.8) is 0 Å². The Hall–Kier alpha value is -3.09. The van der Waals surface area contributed by atoms with Gasteiger partial charge >= 0.3 is 6.09 Å². The fraction of sp³-hybridized carbons (Fsp3) is 0.235. The number of aryl methyl sites for hydroxylation is 1. The van der Waals surface area contributed by atoms with E-state index in [2.05, 4.69) is 10.6 Å². The minimum absolute atomic E-state index is 0.109. The lowest BCUT2D eigenvalue weighted by molar-refractivity contribution is -0.384. The highest BCUT2D eigenvalue weighted by molar-refractivity contribution is 5.87. The smallest absolute Gasteiger partial charge is 0.411 e. The second-order valence-electron chi connectivity index (χ2n) is 5.18. The normalized spacial score (nSPS) is 10.1. The van der Waals surface area contributed by atoms with Crippen LogP contribution in [0.25, 0.3) is 0 Å². The lowest BCUT2D eigenvalue weighted by atomic mass is 10.1. The average Bonchev–Trinajstić information content (AvgIpc) is 2.54. The van der Waals surface area contributed by atoms with E-state index < -0.39 is 11.0 Å². The molecule has 126 valence electrons. The summed E-state index contributed by atoms with van der Waals surface area (Å²) in [6.07, 6.45) is -0.716. The van der Waals surface area contributed by atoms with E-state index in [1.165, 1.54) is 12.1 Å². The van der Waals surface area contributed by atoms with E-state index in [0.717, 1.165) is 16.8 Å². The number of nitro benzene ring substituents is 1. The fourth-order valence-corrected chi connectivity index (χ4v) is 2.18. The molecular weight excluding hydrogens is 310 g/mol.